The lowest BCUT2D eigenvalue weighted by Crippen LogP contribution is -2.39. The number of ether oxygens (including phenoxy) is 7. The molecule has 11 aromatic rings. The number of anilines is 2. The molecule has 0 amide bonds. The topological polar surface area (TPSA) is 285 Å². The normalized spacial score (nSPS) is 18.3. The van der Waals surface area contributed by atoms with Gasteiger partial charge in [0.05, 0.1) is 69.4 Å². The molecule has 6 saturated heterocycles. The van der Waals surface area contributed by atoms with Crippen molar-refractivity contribution in [1.82, 2.24) is 30.1 Å². The van der Waals surface area contributed by atoms with E-state index in [1.54, 1.807) is 112 Å². The van der Waals surface area contributed by atoms with E-state index >= 15 is 0 Å². The molecule has 6 aliphatic heterocycles. The van der Waals surface area contributed by atoms with Gasteiger partial charge in [-0.25, -0.2) is 53.6 Å². The van der Waals surface area contributed by atoms with Crippen molar-refractivity contribution in [3.05, 3.63) is 213 Å². The molecule has 0 bridgehead atoms. The number of halogens is 3. The number of alkyl halides is 3. The highest BCUT2D eigenvalue weighted by molar-refractivity contribution is 7.93. The van der Waals surface area contributed by atoms with Gasteiger partial charge < -0.3 is 43.6 Å². The van der Waals surface area contributed by atoms with E-state index in [9.17, 15) is 43.2 Å². The molecular weight excluding hydrogens is 1660 g/mol. The summed E-state index contributed by atoms with van der Waals surface area (Å²) >= 11 is 3.94. The molecule has 0 aliphatic carbocycles. The first-order valence-electron chi connectivity index (χ1n) is 39.7. The second-order valence-electron chi connectivity index (χ2n) is 29.5. The molecule has 24 nitrogen and oxygen atoms in total. The number of carbonyl (C=O) groups is 2. The monoisotopic (exact) mass is 1760 g/mol. The van der Waals surface area contributed by atoms with Crippen molar-refractivity contribution in [3.8, 4) is 23.0 Å². The Morgan fingerprint density at radius 3 is 1.33 bits per heavy atom. The zero-order valence-corrected chi connectivity index (χ0v) is 71.9. The summed E-state index contributed by atoms with van der Waals surface area (Å²) < 4.78 is 154. The molecule has 120 heavy (non-hydrogen) atoms. The van der Waals surface area contributed by atoms with Crippen LogP contribution in [0.2, 0.25) is 0 Å². The summed E-state index contributed by atoms with van der Waals surface area (Å²) in [4.78, 5) is 38.2. The second kappa shape index (κ2) is 40.6. The van der Waals surface area contributed by atoms with Crippen molar-refractivity contribution in [3.63, 3.8) is 0 Å². The number of likely N-dealkylation sites (tertiary alicyclic amines) is 2. The molecule has 33 heteroatoms. The fourth-order valence-electron chi connectivity index (χ4n) is 16.3. The molecular formula is C87H97F3N8O16S6. The molecule has 17 rings (SSSR count). The van der Waals surface area contributed by atoms with Gasteiger partial charge in [-0.2, -0.15) is 13.2 Å². The SMILES string of the molecule is COc1ccc(CN(c2nccs2)S(=O)(=O)c2ccc3c(C4CCCN4)cccc3c2)c(OC)c1.COc1ccc(CN(c2nccs2)S(=O)(=O)c2ccc3c(C4CCCN4C4CCOCC4)cccc3c2)c(OC)c1.O=C(O)C(F)(F)F.O=C1CCOCC1.O=S(=O)(Cc1nccs1)c1ccc2c(C3CCCN3C3CCOCC3)cccc2c1. The number of sulfone groups is 1. The molecule has 9 heterocycles. The third-order valence-electron chi connectivity index (χ3n) is 22.2. The highest BCUT2D eigenvalue weighted by atomic mass is 32.2. The summed E-state index contributed by atoms with van der Waals surface area (Å²) in [6, 6.07) is 48.0. The predicted molar refractivity (Wildman–Crippen MR) is 459 cm³/mol. The maximum atomic E-state index is 14.2. The van der Waals surface area contributed by atoms with E-state index in [4.69, 9.17) is 43.1 Å². The zero-order chi connectivity index (χ0) is 84.6. The Morgan fingerprint density at radius 2 is 0.942 bits per heavy atom. The Labute approximate surface area is 709 Å². The summed E-state index contributed by atoms with van der Waals surface area (Å²) in [7, 11) is -4.98. The number of thiazole rings is 3. The van der Waals surface area contributed by atoms with E-state index in [0.29, 0.717) is 116 Å². The van der Waals surface area contributed by atoms with E-state index in [-0.39, 0.29) is 28.6 Å². The summed E-state index contributed by atoms with van der Waals surface area (Å²) in [6.45, 7) is 8.00. The Bertz CT molecular complexity index is 5630. The number of nitrogens with zero attached hydrogens (tertiary/aromatic N) is 7. The highest BCUT2D eigenvalue weighted by Crippen LogP contribution is 2.44. The van der Waals surface area contributed by atoms with Gasteiger partial charge in [0.2, 0.25) is 0 Å². The molecule has 8 aromatic carbocycles. The average Bonchev–Trinajstić information content (AvgIpc) is 1.12. The van der Waals surface area contributed by atoms with Crippen molar-refractivity contribution in [2.45, 2.75) is 147 Å². The van der Waals surface area contributed by atoms with Gasteiger partial charge in [-0.15, -0.1) is 34.0 Å². The molecule has 0 radical (unpaired) electrons. The number of methoxy groups -OCH3 is 4. The van der Waals surface area contributed by atoms with Crippen molar-refractivity contribution in [2.24, 2.45) is 0 Å². The Morgan fingerprint density at radius 1 is 0.517 bits per heavy atom. The number of benzene rings is 8. The summed E-state index contributed by atoms with van der Waals surface area (Å²) in [5, 5.41) is 23.6. The van der Waals surface area contributed by atoms with Crippen LogP contribution in [0, 0.1) is 0 Å². The van der Waals surface area contributed by atoms with Gasteiger partial charge in [-0.05, 0) is 194 Å². The number of nitrogens with one attached hydrogen (secondary N) is 1. The van der Waals surface area contributed by atoms with Crippen LogP contribution in [0.1, 0.15) is 128 Å². The van der Waals surface area contributed by atoms with Crippen LogP contribution in [-0.2, 0) is 72.5 Å². The van der Waals surface area contributed by atoms with Gasteiger partial charge in [-0.3, -0.25) is 14.6 Å². The fraction of sp³-hybridized carbons (Fsp3) is 0.391. The number of sulfonamides is 2. The van der Waals surface area contributed by atoms with Crippen LogP contribution >= 0.6 is 34.0 Å². The van der Waals surface area contributed by atoms with E-state index < -0.39 is 42.0 Å². The third-order valence-corrected chi connectivity index (χ3v) is 30.1. The van der Waals surface area contributed by atoms with E-state index in [0.717, 1.165) is 130 Å². The second-order valence-corrected chi connectivity index (χ2v) is 37.9. The van der Waals surface area contributed by atoms with Crippen LogP contribution in [0.5, 0.6) is 23.0 Å². The molecule has 2 N–H and O–H groups in total. The maximum absolute atomic E-state index is 14.2. The molecule has 6 fully saturated rings. The highest BCUT2D eigenvalue weighted by Gasteiger charge is 2.40. The van der Waals surface area contributed by atoms with Gasteiger partial charge in [0.15, 0.2) is 20.1 Å². The molecule has 638 valence electrons. The largest absolute Gasteiger partial charge is 0.497 e. The number of Topliss-reactive ketones (excluding diaryl/α,β-unsaturated/α-hetero) is 1. The number of hydrogen-bond donors (Lipinski definition) is 2. The minimum absolute atomic E-state index is 0.0456. The van der Waals surface area contributed by atoms with Crippen LogP contribution in [0.25, 0.3) is 32.3 Å². The molecule has 3 atom stereocenters. The van der Waals surface area contributed by atoms with Crippen LogP contribution in [-0.4, -0.2) is 173 Å². The Hall–Kier alpha value is -9.23. The zero-order valence-electron chi connectivity index (χ0n) is 67.0. The van der Waals surface area contributed by atoms with Crippen LogP contribution in [0.3, 0.4) is 0 Å². The van der Waals surface area contributed by atoms with Crippen LogP contribution in [0.4, 0.5) is 23.4 Å². The van der Waals surface area contributed by atoms with E-state index in [1.165, 1.54) is 72.2 Å². The fourth-order valence-corrected chi connectivity index (χ4v) is 23.1. The van der Waals surface area contributed by atoms with Crippen molar-refractivity contribution in [1.29, 1.82) is 0 Å². The number of rotatable bonds is 22. The van der Waals surface area contributed by atoms with Crippen LogP contribution in [0.15, 0.2) is 195 Å². The van der Waals surface area contributed by atoms with Gasteiger partial charge in [-0.1, -0.05) is 72.8 Å². The standard InChI is InChI=1S/C31H35N3O5S2.C26H27N3O4S2.C23H26N2O3S2.C5H8O2.C2HF3O2/c1-37-25-9-8-23(30(20-25)38-2)21-34(31-32-14-18-40-31)41(35,36)26-10-11-27-22(19-26)5-3-6-28(27)29-7-4-15-33(29)24-12-16-39-17-13-24;1-32-20-9-8-19(25(16-20)33-2)17-29(26-28-13-14-34-26)35(30,31)21-10-11-22-18(15-21)5-3-6-23(22)24-7-4-12-27-24;26-30(27,16-23-24-10-14-29-23)19-6-7-20-17(15-19)3-1-4-21(20)22-5-2-11-25(22)18-8-12-28-13-9-18;6-5-1-3-7-4-2-5;3-2(4,5)1(6)7/h3,5-6,8-11,14,18-20,24,29H,4,7,12-13,15-17,21H2,1-2H3;3,5-6,8-11,13-16,24,27H,4,7,12,17H2,1-2H3;1,3-4,6-7,10,14-15,18,22H,2,5,8-9,11-13,16H2;1-4H2;(H,6,7). The lowest BCUT2D eigenvalue weighted by molar-refractivity contribution is -0.192. The summed E-state index contributed by atoms with van der Waals surface area (Å²) in [5.41, 5.74) is 5.23. The summed E-state index contributed by atoms with van der Waals surface area (Å²) in [5.74, 6) is -0.0914. The number of fused-ring (bicyclic) bond motifs is 3. The quantitative estimate of drug-likeness (QED) is 0.0637. The van der Waals surface area contributed by atoms with Crippen molar-refractivity contribution in [2.75, 3.05) is 96.3 Å². The first-order chi connectivity index (χ1) is 57.9. The number of carboxylic acid groups (broad SMARTS) is 1. The smallest absolute Gasteiger partial charge is 0.490 e. The Kier molecular flexibility index (Phi) is 30.0. The summed E-state index contributed by atoms with van der Waals surface area (Å²) in [6.07, 6.45) is 12.2. The minimum atomic E-state index is -5.08. The molecule has 0 saturated carbocycles. The maximum Gasteiger partial charge on any atom is 0.490 e. The Balaban J connectivity index is 0.000000145. The first-order valence-corrected chi connectivity index (χ1v) is 46.9. The van der Waals surface area contributed by atoms with Gasteiger partial charge in [0.25, 0.3) is 20.0 Å². The number of carboxylic acids is 1. The van der Waals surface area contributed by atoms with Crippen molar-refractivity contribution < 1.29 is 86.3 Å². The predicted octanol–water partition coefficient (Wildman–Crippen LogP) is 16.7. The van der Waals surface area contributed by atoms with Gasteiger partial charge in [0, 0.05) is 127 Å². The lowest BCUT2D eigenvalue weighted by atomic mass is 9.95. The first kappa shape index (κ1) is 88.6. The number of ketones is 1. The third kappa shape index (κ3) is 21.4. The number of carbonyl (C=O) groups excluding carboxylic acids is 1. The number of hydrogen-bond acceptors (Lipinski definition) is 24. The van der Waals surface area contributed by atoms with Gasteiger partial charge in [0.1, 0.15) is 39.5 Å². The molecule has 3 unspecified atom stereocenters. The van der Waals surface area contributed by atoms with Crippen molar-refractivity contribution >= 4 is 118 Å². The number of aliphatic carboxylic acids is 1. The van der Waals surface area contributed by atoms with Gasteiger partial charge >= 0.3 is 12.1 Å². The lowest BCUT2D eigenvalue weighted by Gasteiger charge is -2.36. The minimum Gasteiger partial charge on any atom is -0.497 e. The van der Waals surface area contributed by atoms with E-state index in [1.807, 2.05) is 66.0 Å². The average molecular weight is 1760 g/mol. The molecule has 0 spiro atoms. The van der Waals surface area contributed by atoms with E-state index in [2.05, 4.69) is 60.4 Å². The molecule has 6 aliphatic rings. The molecule has 3 aromatic heterocycles. The van der Waals surface area contributed by atoms with Crippen LogP contribution < -0.4 is 32.9 Å². The number of aromatic nitrogens is 3.